The summed E-state index contributed by atoms with van der Waals surface area (Å²) in [5, 5.41) is 2.96. The van der Waals surface area contributed by atoms with E-state index in [0.29, 0.717) is 18.9 Å². The first-order valence-electron chi connectivity index (χ1n) is 9.61. The van der Waals surface area contributed by atoms with Crippen molar-refractivity contribution in [3.8, 4) is 11.5 Å². The number of hydrogen-bond donors (Lipinski definition) is 2. The van der Waals surface area contributed by atoms with Gasteiger partial charge in [0.1, 0.15) is 6.61 Å². The van der Waals surface area contributed by atoms with Gasteiger partial charge in [0.25, 0.3) is 0 Å². The molecule has 0 radical (unpaired) electrons. The van der Waals surface area contributed by atoms with E-state index < -0.39 is 5.54 Å². The number of carbonyl (C=O) groups is 1. The molecule has 1 amide bonds. The second-order valence-electron chi connectivity index (χ2n) is 6.91. The molecule has 1 aromatic carbocycles. The average Bonchev–Trinajstić information content (AvgIpc) is 3.11. The molecule has 0 aliphatic heterocycles. The van der Waals surface area contributed by atoms with E-state index in [1.165, 1.54) is 0 Å². The summed E-state index contributed by atoms with van der Waals surface area (Å²) in [6.07, 6.45) is 3.58. The van der Waals surface area contributed by atoms with E-state index in [1.54, 1.807) is 7.11 Å². The summed E-state index contributed by atoms with van der Waals surface area (Å²) < 4.78 is 11.3. The summed E-state index contributed by atoms with van der Waals surface area (Å²) in [6.45, 7) is 8.25. The van der Waals surface area contributed by atoms with Crippen LogP contribution in [-0.2, 0) is 11.3 Å². The van der Waals surface area contributed by atoms with E-state index in [1.807, 2.05) is 18.2 Å². The Kier molecular flexibility index (Phi) is 12.5. The Morgan fingerprint density at radius 3 is 2.39 bits per heavy atom. The van der Waals surface area contributed by atoms with Crippen molar-refractivity contribution in [2.75, 3.05) is 33.4 Å². The quantitative estimate of drug-likeness (QED) is 0.589. The van der Waals surface area contributed by atoms with Crippen LogP contribution in [0.3, 0.4) is 0 Å². The standard InChI is InChI=1S/C20H33N3O3.2ClH/c1-4-23(5-2)12-13-26-17-9-8-16(14-18(17)25-3)15-22-19(24)20(21)10-6-7-11-20;;/h8-9,14H,4-7,10-13,15,21H2,1-3H3,(H,22,24);2*1H. The number of methoxy groups -OCH3 is 1. The molecule has 0 bridgehead atoms. The van der Waals surface area contributed by atoms with Crippen molar-refractivity contribution in [1.29, 1.82) is 0 Å². The Labute approximate surface area is 181 Å². The number of nitrogens with zero attached hydrogens (tertiary/aromatic N) is 1. The van der Waals surface area contributed by atoms with E-state index >= 15 is 0 Å². The zero-order valence-electron chi connectivity index (χ0n) is 17.2. The lowest BCUT2D eigenvalue weighted by Crippen LogP contribution is -2.51. The molecular formula is C20H35Cl2N3O3. The molecule has 1 aliphatic rings. The molecule has 0 aromatic heterocycles. The molecule has 3 N–H and O–H groups in total. The molecule has 162 valence electrons. The largest absolute Gasteiger partial charge is 0.493 e. The molecule has 8 heteroatoms. The number of nitrogens with one attached hydrogen (secondary N) is 1. The number of ether oxygens (including phenoxy) is 2. The smallest absolute Gasteiger partial charge is 0.240 e. The first-order valence-corrected chi connectivity index (χ1v) is 9.61. The normalized spacial score (nSPS) is 14.8. The van der Waals surface area contributed by atoms with Gasteiger partial charge in [-0.2, -0.15) is 0 Å². The van der Waals surface area contributed by atoms with Crippen LogP contribution in [0.2, 0.25) is 0 Å². The second kappa shape index (κ2) is 13.1. The maximum Gasteiger partial charge on any atom is 0.240 e. The minimum Gasteiger partial charge on any atom is -0.493 e. The summed E-state index contributed by atoms with van der Waals surface area (Å²) in [5.74, 6) is 1.34. The zero-order valence-corrected chi connectivity index (χ0v) is 18.8. The lowest BCUT2D eigenvalue weighted by Gasteiger charge is -2.22. The van der Waals surface area contributed by atoms with Crippen LogP contribution in [0.5, 0.6) is 11.5 Å². The predicted octanol–water partition coefficient (Wildman–Crippen LogP) is 3.15. The number of likely N-dealkylation sites (N-methyl/N-ethyl adjacent to an activating group) is 1. The van der Waals surface area contributed by atoms with Crippen molar-refractivity contribution in [2.45, 2.75) is 51.6 Å². The Hall–Kier alpha value is -1.21. The molecule has 1 aliphatic carbocycles. The van der Waals surface area contributed by atoms with E-state index in [-0.39, 0.29) is 30.7 Å². The fourth-order valence-electron chi connectivity index (χ4n) is 3.36. The number of nitrogens with two attached hydrogens (primary N) is 1. The summed E-state index contributed by atoms with van der Waals surface area (Å²) in [7, 11) is 1.63. The van der Waals surface area contributed by atoms with E-state index in [9.17, 15) is 4.79 Å². The van der Waals surface area contributed by atoms with Gasteiger partial charge in [-0.3, -0.25) is 4.79 Å². The maximum atomic E-state index is 12.3. The van der Waals surface area contributed by atoms with Crippen molar-refractivity contribution < 1.29 is 14.3 Å². The maximum absolute atomic E-state index is 12.3. The van der Waals surface area contributed by atoms with Gasteiger partial charge in [0, 0.05) is 13.1 Å². The highest BCUT2D eigenvalue weighted by Crippen LogP contribution is 2.29. The van der Waals surface area contributed by atoms with Gasteiger partial charge < -0.3 is 25.4 Å². The minimum atomic E-state index is -0.697. The van der Waals surface area contributed by atoms with Gasteiger partial charge in [-0.05, 0) is 43.6 Å². The Morgan fingerprint density at radius 2 is 1.82 bits per heavy atom. The summed E-state index contributed by atoms with van der Waals surface area (Å²) in [6, 6.07) is 5.76. The first-order chi connectivity index (χ1) is 12.5. The highest BCUT2D eigenvalue weighted by atomic mass is 35.5. The molecule has 0 unspecified atom stereocenters. The van der Waals surface area contributed by atoms with E-state index in [4.69, 9.17) is 15.2 Å². The average molecular weight is 436 g/mol. The van der Waals surface area contributed by atoms with Crippen LogP contribution in [-0.4, -0.2) is 49.7 Å². The molecule has 1 fully saturated rings. The van der Waals surface area contributed by atoms with Crippen LogP contribution in [0.4, 0.5) is 0 Å². The van der Waals surface area contributed by atoms with Crippen molar-refractivity contribution in [3.63, 3.8) is 0 Å². The second-order valence-corrected chi connectivity index (χ2v) is 6.91. The van der Waals surface area contributed by atoms with Crippen LogP contribution in [0.1, 0.15) is 45.1 Å². The molecule has 2 rings (SSSR count). The third-order valence-electron chi connectivity index (χ3n) is 5.19. The van der Waals surface area contributed by atoms with Gasteiger partial charge in [-0.1, -0.05) is 32.8 Å². The topological polar surface area (TPSA) is 76.8 Å². The van der Waals surface area contributed by atoms with Crippen LogP contribution < -0.4 is 20.5 Å². The van der Waals surface area contributed by atoms with Crippen LogP contribution in [0.25, 0.3) is 0 Å². The molecular weight excluding hydrogens is 401 g/mol. The van der Waals surface area contributed by atoms with Gasteiger partial charge in [0.05, 0.1) is 12.6 Å². The summed E-state index contributed by atoms with van der Waals surface area (Å²) in [5.41, 5.74) is 6.46. The lowest BCUT2D eigenvalue weighted by molar-refractivity contribution is -0.126. The highest BCUT2D eigenvalue weighted by molar-refractivity contribution is 5.86. The Bertz CT molecular complexity index is 592. The van der Waals surface area contributed by atoms with Gasteiger partial charge >= 0.3 is 0 Å². The molecule has 0 heterocycles. The van der Waals surface area contributed by atoms with Crippen molar-refractivity contribution in [1.82, 2.24) is 10.2 Å². The molecule has 0 atom stereocenters. The Morgan fingerprint density at radius 1 is 1.18 bits per heavy atom. The predicted molar refractivity (Wildman–Crippen MR) is 118 cm³/mol. The third kappa shape index (κ3) is 7.32. The van der Waals surface area contributed by atoms with Crippen LogP contribution in [0, 0.1) is 0 Å². The van der Waals surface area contributed by atoms with Gasteiger partial charge in [-0.25, -0.2) is 0 Å². The fourth-order valence-corrected chi connectivity index (χ4v) is 3.36. The number of amides is 1. The van der Waals surface area contributed by atoms with Gasteiger partial charge in [0.2, 0.25) is 5.91 Å². The van der Waals surface area contributed by atoms with Crippen molar-refractivity contribution in [2.24, 2.45) is 5.73 Å². The SMILES string of the molecule is CCN(CC)CCOc1ccc(CNC(=O)C2(N)CCCC2)cc1OC.Cl.Cl. The molecule has 1 saturated carbocycles. The van der Waals surface area contributed by atoms with Crippen molar-refractivity contribution in [3.05, 3.63) is 23.8 Å². The monoisotopic (exact) mass is 435 g/mol. The van der Waals surface area contributed by atoms with Crippen molar-refractivity contribution >= 4 is 30.7 Å². The highest BCUT2D eigenvalue weighted by Gasteiger charge is 2.36. The van der Waals surface area contributed by atoms with Crippen LogP contribution >= 0.6 is 24.8 Å². The van der Waals surface area contributed by atoms with E-state index in [2.05, 4.69) is 24.1 Å². The fraction of sp³-hybridized carbons (Fsp3) is 0.650. The van der Waals surface area contributed by atoms with Gasteiger partial charge in [-0.15, -0.1) is 24.8 Å². The molecule has 0 spiro atoms. The number of hydrogen-bond acceptors (Lipinski definition) is 5. The summed E-state index contributed by atoms with van der Waals surface area (Å²) in [4.78, 5) is 14.6. The zero-order chi connectivity index (χ0) is 19.0. The molecule has 1 aromatic rings. The number of carbonyl (C=O) groups excluding carboxylic acids is 1. The van der Waals surface area contributed by atoms with E-state index in [0.717, 1.165) is 56.6 Å². The lowest BCUT2D eigenvalue weighted by atomic mass is 9.98. The van der Waals surface area contributed by atoms with Gasteiger partial charge in [0.15, 0.2) is 11.5 Å². The molecule has 6 nitrogen and oxygen atoms in total. The third-order valence-corrected chi connectivity index (χ3v) is 5.19. The minimum absolute atomic E-state index is 0. The first kappa shape index (κ1) is 26.8. The van der Waals surface area contributed by atoms with Crippen LogP contribution in [0.15, 0.2) is 18.2 Å². The number of halogens is 2. The number of benzene rings is 1. The number of rotatable bonds is 10. The summed E-state index contributed by atoms with van der Waals surface area (Å²) >= 11 is 0. The Balaban J connectivity index is 0.00000364. The molecule has 28 heavy (non-hydrogen) atoms. The molecule has 0 saturated heterocycles.